The predicted molar refractivity (Wildman–Crippen MR) is 46.1 cm³/mol. The summed E-state index contributed by atoms with van der Waals surface area (Å²) in [6, 6.07) is 0. The molecule has 1 aliphatic rings. The van der Waals surface area contributed by atoms with E-state index in [2.05, 4.69) is 10.3 Å². The zero-order valence-corrected chi connectivity index (χ0v) is 7.43. The molecule has 0 aromatic carbocycles. The molecular formula is C9H15NO2. The summed E-state index contributed by atoms with van der Waals surface area (Å²) in [6.45, 7) is 1.38. The Hall–Kier alpha value is -0.990. The molecule has 1 saturated carbocycles. The van der Waals surface area contributed by atoms with E-state index in [4.69, 9.17) is 0 Å². The minimum atomic E-state index is -0.303. The Labute approximate surface area is 72.7 Å². The summed E-state index contributed by atoms with van der Waals surface area (Å²) in [5, 5.41) is 0. The first-order valence-corrected chi connectivity index (χ1v) is 4.40. The van der Waals surface area contributed by atoms with Crippen molar-refractivity contribution < 1.29 is 9.63 Å². The lowest BCUT2D eigenvalue weighted by Gasteiger charge is -2.13. The molecule has 0 aromatic rings. The van der Waals surface area contributed by atoms with Gasteiger partial charge in [0.1, 0.15) is 0 Å². The Bertz CT molecular complexity index is 179. The predicted octanol–water partition coefficient (Wildman–Crippen LogP) is 1.90. The molecule has 3 heteroatoms. The number of hydroxylamine groups is 1. The Morgan fingerprint density at radius 3 is 2.67 bits per heavy atom. The molecular weight excluding hydrogens is 154 g/mol. The summed E-state index contributed by atoms with van der Waals surface area (Å²) in [4.78, 5) is 15.0. The zero-order valence-electron chi connectivity index (χ0n) is 7.43. The van der Waals surface area contributed by atoms with Gasteiger partial charge in [-0.05, 0) is 25.7 Å². The smallest absolute Gasteiger partial charge is 0.329 e. The first-order valence-electron chi connectivity index (χ1n) is 4.40. The Morgan fingerprint density at radius 1 is 1.42 bits per heavy atom. The van der Waals surface area contributed by atoms with E-state index < -0.39 is 0 Å². The van der Waals surface area contributed by atoms with Crippen LogP contribution in [-0.2, 0) is 9.63 Å². The lowest BCUT2D eigenvalue weighted by atomic mass is 9.96. The highest BCUT2D eigenvalue weighted by atomic mass is 16.7. The fourth-order valence-electron chi connectivity index (χ4n) is 1.35. The van der Waals surface area contributed by atoms with E-state index in [0.717, 1.165) is 12.8 Å². The third-order valence-electron chi connectivity index (χ3n) is 1.96. The molecule has 0 aromatic heterocycles. The van der Waals surface area contributed by atoms with Gasteiger partial charge in [-0.15, -0.1) is 0 Å². The van der Waals surface area contributed by atoms with Gasteiger partial charge in [-0.1, -0.05) is 12.0 Å². The molecule has 0 aliphatic heterocycles. The molecule has 0 bridgehead atoms. The molecule has 1 N–H and O–H groups in total. The summed E-state index contributed by atoms with van der Waals surface area (Å²) >= 11 is 0. The summed E-state index contributed by atoms with van der Waals surface area (Å²) in [7, 11) is 0. The third kappa shape index (κ3) is 3.42. The first kappa shape index (κ1) is 9.10. The summed E-state index contributed by atoms with van der Waals surface area (Å²) in [6.07, 6.45) is 7.91. The van der Waals surface area contributed by atoms with E-state index in [9.17, 15) is 4.79 Å². The first-order chi connectivity index (χ1) is 5.79. The van der Waals surface area contributed by atoms with Crippen LogP contribution < -0.4 is 5.48 Å². The second kappa shape index (κ2) is 4.80. The van der Waals surface area contributed by atoms with Crippen LogP contribution in [0.15, 0.2) is 11.8 Å². The van der Waals surface area contributed by atoms with E-state index >= 15 is 0 Å². The van der Waals surface area contributed by atoms with Crippen molar-refractivity contribution >= 4 is 5.97 Å². The molecule has 0 heterocycles. The molecule has 12 heavy (non-hydrogen) atoms. The molecule has 68 valence electrons. The van der Waals surface area contributed by atoms with Crippen molar-refractivity contribution in [1.82, 2.24) is 5.48 Å². The highest BCUT2D eigenvalue weighted by molar-refractivity contribution is 5.65. The molecule has 1 rings (SSSR count). The van der Waals surface area contributed by atoms with Gasteiger partial charge in [-0.25, -0.2) is 5.48 Å². The Morgan fingerprint density at radius 2 is 2.08 bits per heavy atom. The van der Waals surface area contributed by atoms with Crippen molar-refractivity contribution in [3.63, 3.8) is 0 Å². The van der Waals surface area contributed by atoms with Gasteiger partial charge in [0.25, 0.3) is 0 Å². The number of hydrogen-bond donors (Lipinski definition) is 1. The molecule has 0 amide bonds. The highest BCUT2D eigenvalue weighted by Gasteiger charge is 2.04. The standard InChI is InChI=1S/C9H15NO2/c1-8(11)12-10-7-9-5-3-2-4-6-9/h7,10H,2-6H2,1H3. The van der Waals surface area contributed by atoms with Crippen molar-refractivity contribution in [2.24, 2.45) is 0 Å². The van der Waals surface area contributed by atoms with E-state index in [-0.39, 0.29) is 5.97 Å². The molecule has 0 radical (unpaired) electrons. The van der Waals surface area contributed by atoms with Gasteiger partial charge in [-0.2, -0.15) is 0 Å². The van der Waals surface area contributed by atoms with E-state index in [1.165, 1.54) is 31.8 Å². The minimum Gasteiger partial charge on any atom is -0.344 e. The van der Waals surface area contributed by atoms with Gasteiger partial charge in [0.15, 0.2) is 0 Å². The van der Waals surface area contributed by atoms with Crippen molar-refractivity contribution in [3.05, 3.63) is 11.8 Å². The maximum absolute atomic E-state index is 10.4. The van der Waals surface area contributed by atoms with Crippen LogP contribution in [0.1, 0.15) is 39.0 Å². The van der Waals surface area contributed by atoms with Crippen LogP contribution in [0.3, 0.4) is 0 Å². The van der Waals surface area contributed by atoms with Crippen LogP contribution in [0.4, 0.5) is 0 Å². The topological polar surface area (TPSA) is 38.3 Å². The van der Waals surface area contributed by atoms with Crippen LogP contribution >= 0.6 is 0 Å². The van der Waals surface area contributed by atoms with Crippen molar-refractivity contribution in [2.45, 2.75) is 39.0 Å². The second-order valence-corrected chi connectivity index (χ2v) is 3.07. The molecule has 0 saturated heterocycles. The third-order valence-corrected chi connectivity index (χ3v) is 1.96. The van der Waals surface area contributed by atoms with Gasteiger partial charge in [-0.3, -0.25) is 4.79 Å². The van der Waals surface area contributed by atoms with E-state index in [0.29, 0.717) is 0 Å². The number of rotatable bonds is 2. The van der Waals surface area contributed by atoms with Gasteiger partial charge in [0.2, 0.25) is 0 Å². The number of carbonyl (C=O) groups excluding carboxylic acids is 1. The van der Waals surface area contributed by atoms with Crippen molar-refractivity contribution in [1.29, 1.82) is 0 Å². The van der Waals surface area contributed by atoms with Gasteiger partial charge < -0.3 is 4.84 Å². The molecule has 0 atom stereocenters. The number of allylic oxidation sites excluding steroid dienone is 1. The quantitative estimate of drug-likeness (QED) is 0.641. The molecule has 0 spiro atoms. The molecule has 1 aliphatic carbocycles. The SMILES string of the molecule is CC(=O)ONC=C1CCCCC1. The maximum Gasteiger partial charge on any atom is 0.329 e. The van der Waals surface area contributed by atoms with Gasteiger partial charge >= 0.3 is 5.97 Å². The summed E-state index contributed by atoms with van der Waals surface area (Å²) in [5.41, 5.74) is 3.89. The van der Waals surface area contributed by atoms with Crippen LogP contribution in [0.5, 0.6) is 0 Å². The van der Waals surface area contributed by atoms with Gasteiger partial charge in [0, 0.05) is 13.1 Å². The highest BCUT2D eigenvalue weighted by Crippen LogP contribution is 2.21. The van der Waals surface area contributed by atoms with Crippen LogP contribution in [0, 0.1) is 0 Å². The zero-order chi connectivity index (χ0) is 8.81. The lowest BCUT2D eigenvalue weighted by molar-refractivity contribution is -0.146. The fraction of sp³-hybridized carbons (Fsp3) is 0.667. The Kier molecular flexibility index (Phi) is 3.64. The van der Waals surface area contributed by atoms with Crippen LogP contribution in [-0.4, -0.2) is 5.97 Å². The largest absolute Gasteiger partial charge is 0.344 e. The normalized spacial score (nSPS) is 16.9. The summed E-state index contributed by atoms with van der Waals surface area (Å²) < 4.78 is 0. The van der Waals surface area contributed by atoms with E-state index in [1.54, 1.807) is 6.20 Å². The van der Waals surface area contributed by atoms with Crippen molar-refractivity contribution in [2.75, 3.05) is 0 Å². The van der Waals surface area contributed by atoms with Crippen LogP contribution in [0.2, 0.25) is 0 Å². The molecule has 0 unspecified atom stereocenters. The number of carbonyl (C=O) groups is 1. The van der Waals surface area contributed by atoms with Crippen molar-refractivity contribution in [3.8, 4) is 0 Å². The monoisotopic (exact) mass is 169 g/mol. The Balaban J connectivity index is 2.20. The molecule has 3 nitrogen and oxygen atoms in total. The maximum atomic E-state index is 10.4. The molecule has 1 fully saturated rings. The average molecular weight is 169 g/mol. The van der Waals surface area contributed by atoms with Gasteiger partial charge in [0.05, 0.1) is 0 Å². The summed E-state index contributed by atoms with van der Waals surface area (Å²) in [5.74, 6) is -0.303. The second-order valence-electron chi connectivity index (χ2n) is 3.07. The van der Waals surface area contributed by atoms with E-state index in [1.807, 2.05) is 0 Å². The average Bonchev–Trinajstić information content (AvgIpc) is 2.05. The minimum absolute atomic E-state index is 0.303. The fourth-order valence-corrected chi connectivity index (χ4v) is 1.35. The lowest BCUT2D eigenvalue weighted by Crippen LogP contribution is -2.12. The number of hydrogen-bond acceptors (Lipinski definition) is 3. The number of nitrogens with one attached hydrogen (secondary N) is 1. The van der Waals surface area contributed by atoms with Crippen LogP contribution in [0.25, 0.3) is 0 Å².